The first-order chi connectivity index (χ1) is 7.63. The third kappa shape index (κ3) is 4.18. The number of amides is 1. The van der Waals surface area contributed by atoms with Crippen molar-refractivity contribution in [3.8, 4) is 0 Å². The second kappa shape index (κ2) is 6.48. The smallest absolute Gasteiger partial charge is 0.238 e. The summed E-state index contributed by atoms with van der Waals surface area (Å²) in [6.07, 6.45) is 0. The van der Waals surface area contributed by atoms with Crippen molar-refractivity contribution in [2.75, 3.05) is 25.0 Å². The van der Waals surface area contributed by atoms with Gasteiger partial charge in [0.2, 0.25) is 5.91 Å². The Hall–Kier alpha value is -1.10. The van der Waals surface area contributed by atoms with E-state index in [0.717, 1.165) is 11.3 Å². The molecule has 0 aliphatic rings. The van der Waals surface area contributed by atoms with Crippen molar-refractivity contribution >= 4 is 23.2 Å². The van der Waals surface area contributed by atoms with Gasteiger partial charge in [0.15, 0.2) is 0 Å². The molecule has 0 atom stereocenters. The number of benzene rings is 1. The lowest BCUT2D eigenvalue weighted by atomic mass is 10.2. The summed E-state index contributed by atoms with van der Waals surface area (Å²) in [4.78, 5) is 11.5. The zero-order valence-electron chi connectivity index (χ0n) is 9.22. The Labute approximate surface area is 100 Å². The van der Waals surface area contributed by atoms with Crippen molar-refractivity contribution < 1.29 is 4.79 Å². The summed E-state index contributed by atoms with van der Waals surface area (Å²) in [5, 5.41) is 6.31. The molecule has 1 amide bonds. The highest BCUT2D eigenvalue weighted by atomic mass is 35.5. The van der Waals surface area contributed by atoms with Crippen LogP contribution in [-0.4, -0.2) is 25.5 Å². The van der Waals surface area contributed by atoms with E-state index in [1.54, 1.807) is 12.1 Å². The van der Waals surface area contributed by atoms with Crippen LogP contribution in [0.1, 0.15) is 5.56 Å². The number of halogens is 1. The Kier molecular flexibility index (Phi) is 5.25. The van der Waals surface area contributed by atoms with Gasteiger partial charge in [-0.25, -0.2) is 0 Å². The molecule has 0 bridgehead atoms. The van der Waals surface area contributed by atoms with E-state index in [2.05, 4.69) is 10.6 Å². The van der Waals surface area contributed by atoms with E-state index in [-0.39, 0.29) is 12.5 Å². The monoisotopic (exact) mass is 241 g/mol. The number of carbonyl (C=O) groups is 1. The van der Waals surface area contributed by atoms with Crippen molar-refractivity contribution in [1.29, 1.82) is 0 Å². The van der Waals surface area contributed by atoms with Crippen LogP contribution in [0.25, 0.3) is 0 Å². The summed E-state index contributed by atoms with van der Waals surface area (Å²) in [6, 6.07) is 5.39. The fourth-order valence-electron chi connectivity index (χ4n) is 1.23. The van der Waals surface area contributed by atoms with Gasteiger partial charge in [0.05, 0.1) is 6.54 Å². The topological polar surface area (TPSA) is 67.2 Å². The van der Waals surface area contributed by atoms with E-state index in [0.29, 0.717) is 18.1 Å². The van der Waals surface area contributed by atoms with E-state index in [4.69, 9.17) is 17.3 Å². The molecule has 0 unspecified atom stereocenters. The zero-order chi connectivity index (χ0) is 12.0. The summed E-state index contributed by atoms with van der Waals surface area (Å²) in [6.45, 7) is 3.31. The van der Waals surface area contributed by atoms with Crippen molar-refractivity contribution in [3.05, 3.63) is 28.8 Å². The van der Waals surface area contributed by atoms with Gasteiger partial charge in [-0.3, -0.25) is 4.79 Å². The van der Waals surface area contributed by atoms with Gasteiger partial charge in [-0.2, -0.15) is 0 Å². The molecule has 0 spiro atoms. The number of carbonyl (C=O) groups excluding carboxylic acids is 1. The number of anilines is 1. The number of nitrogens with two attached hydrogens (primary N) is 1. The van der Waals surface area contributed by atoms with Crippen molar-refractivity contribution in [2.24, 2.45) is 5.73 Å². The molecule has 5 heteroatoms. The molecule has 1 aromatic carbocycles. The van der Waals surface area contributed by atoms with Gasteiger partial charge in [0.25, 0.3) is 0 Å². The maximum absolute atomic E-state index is 11.5. The van der Waals surface area contributed by atoms with Crippen LogP contribution in [0.3, 0.4) is 0 Å². The standard InChI is InChI=1S/C11H16ClN3O/c1-8-2-3-9(12)6-10(8)15-11(16)7-14-5-4-13/h2-3,6,14H,4-5,7,13H2,1H3,(H,15,16). The summed E-state index contributed by atoms with van der Waals surface area (Å²) < 4.78 is 0. The Bertz CT molecular complexity index is 368. The molecule has 0 fully saturated rings. The van der Waals surface area contributed by atoms with Crippen LogP contribution in [0.4, 0.5) is 5.69 Å². The van der Waals surface area contributed by atoms with Gasteiger partial charge in [-0.05, 0) is 24.6 Å². The van der Waals surface area contributed by atoms with Crippen LogP contribution < -0.4 is 16.4 Å². The van der Waals surface area contributed by atoms with Gasteiger partial charge in [-0.15, -0.1) is 0 Å². The summed E-state index contributed by atoms with van der Waals surface area (Å²) >= 11 is 5.84. The molecule has 0 aromatic heterocycles. The van der Waals surface area contributed by atoms with Crippen LogP contribution in [0.15, 0.2) is 18.2 Å². The van der Waals surface area contributed by atoms with Crippen molar-refractivity contribution in [3.63, 3.8) is 0 Å². The first kappa shape index (κ1) is 13.0. The fraction of sp³-hybridized carbons (Fsp3) is 0.364. The lowest BCUT2D eigenvalue weighted by Gasteiger charge is -2.09. The lowest BCUT2D eigenvalue weighted by Crippen LogP contribution is -2.31. The maximum atomic E-state index is 11.5. The zero-order valence-corrected chi connectivity index (χ0v) is 9.97. The van der Waals surface area contributed by atoms with Gasteiger partial charge >= 0.3 is 0 Å². The molecule has 4 nitrogen and oxygen atoms in total. The molecular weight excluding hydrogens is 226 g/mol. The predicted octanol–water partition coefficient (Wildman–Crippen LogP) is 1.14. The second-order valence-electron chi connectivity index (χ2n) is 3.47. The molecule has 16 heavy (non-hydrogen) atoms. The summed E-state index contributed by atoms with van der Waals surface area (Å²) in [7, 11) is 0. The number of rotatable bonds is 5. The third-order valence-electron chi connectivity index (χ3n) is 2.08. The quantitative estimate of drug-likeness (QED) is 0.678. The van der Waals surface area contributed by atoms with E-state index < -0.39 is 0 Å². The van der Waals surface area contributed by atoms with Crippen molar-refractivity contribution in [1.82, 2.24) is 5.32 Å². The number of aryl methyl sites for hydroxylation is 1. The molecule has 0 heterocycles. The molecule has 88 valence electrons. The van der Waals surface area contributed by atoms with Gasteiger partial charge in [0, 0.05) is 23.8 Å². The molecule has 0 saturated carbocycles. The van der Waals surface area contributed by atoms with Gasteiger partial charge in [-0.1, -0.05) is 17.7 Å². The Balaban J connectivity index is 2.52. The molecule has 0 radical (unpaired) electrons. The summed E-state index contributed by atoms with van der Waals surface area (Å²) in [5.74, 6) is -0.0983. The Morgan fingerprint density at radius 2 is 2.25 bits per heavy atom. The van der Waals surface area contributed by atoms with Gasteiger partial charge < -0.3 is 16.4 Å². The minimum atomic E-state index is -0.0983. The third-order valence-corrected chi connectivity index (χ3v) is 2.32. The van der Waals surface area contributed by atoms with Crippen LogP contribution >= 0.6 is 11.6 Å². The highest BCUT2D eigenvalue weighted by Gasteiger charge is 2.04. The first-order valence-electron chi connectivity index (χ1n) is 5.10. The minimum absolute atomic E-state index is 0.0983. The van der Waals surface area contributed by atoms with Crippen LogP contribution in [0.5, 0.6) is 0 Å². The molecule has 0 aliphatic carbocycles. The fourth-order valence-corrected chi connectivity index (χ4v) is 1.40. The normalized spacial score (nSPS) is 10.2. The molecule has 1 rings (SSSR count). The number of hydrogen-bond donors (Lipinski definition) is 3. The molecule has 4 N–H and O–H groups in total. The summed E-state index contributed by atoms with van der Waals surface area (Å²) in [5.41, 5.74) is 7.03. The highest BCUT2D eigenvalue weighted by molar-refractivity contribution is 6.31. The molecule has 1 aromatic rings. The highest BCUT2D eigenvalue weighted by Crippen LogP contribution is 2.19. The Morgan fingerprint density at radius 3 is 2.94 bits per heavy atom. The number of hydrogen-bond acceptors (Lipinski definition) is 3. The molecular formula is C11H16ClN3O. The average Bonchev–Trinajstić information content (AvgIpc) is 2.24. The van der Waals surface area contributed by atoms with E-state index in [1.165, 1.54) is 0 Å². The van der Waals surface area contributed by atoms with Crippen LogP contribution in [-0.2, 0) is 4.79 Å². The maximum Gasteiger partial charge on any atom is 0.238 e. The van der Waals surface area contributed by atoms with Crippen molar-refractivity contribution in [2.45, 2.75) is 6.92 Å². The minimum Gasteiger partial charge on any atom is -0.329 e. The van der Waals surface area contributed by atoms with E-state index in [9.17, 15) is 4.79 Å². The van der Waals surface area contributed by atoms with Crippen LogP contribution in [0.2, 0.25) is 5.02 Å². The molecule has 0 aliphatic heterocycles. The largest absolute Gasteiger partial charge is 0.329 e. The van der Waals surface area contributed by atoms with E-state index >= 15 is 0 Å². The number of nitrogens with one attached hydrogen (secondary N) is 2. The lowest BCUT2D eigenvalue weighted by molar-refractivity contribution is -0.115. The SMILES string of the molecule is Cc1ccc(Cl)cc1NC(=O)CNCCN. The first-order valence-corrected chi connectivity index (χ1v) is 5.48. The van der Waals surface area contributed by atoms with Crippen LogP contribution in [0, 0.1) is 6.92 Å². The predicted molar refractivity (Wildman–Crippen MR) is 66.7 cm³/mol. The Morgan fingerprint density at radius 1 is 1.50 bits per heavy atom. The second-order valence-corrected chi connectivity index (χ2v) is 3.91. The van der Waals surface area contributed by atoms with E-state index in [1.807, 2.05) is 13.0 Å². The van der Waals surface area contributed by atoms with Gasteiger partial charge in [0.1, 0.15) is 0 Å². The average molecular weight is 242 g/mol. The molecule has 0 saturated heterocycles.